The van der Waals surface area contributed by atoms with E-state index in [9.17, 15) is 14.7 Å². The Morgan fingerprint density at radius 2 is 2.10 bits per heavy atom. The van der Waals surface area contributed by atoms with E-state index in [1.165, 1.54) is 0 Å². The van der Waals surface area contributed by atoms with Gasteiger partial charge in [0.05, 0.1) is 13.7 Å². The maximum absolute atomic E-state index is 12.1. The summed E-state index contributed by atoms with van der Waals surface area (Å²) < 4.78 is 10.3. The van der Waals surface area contributed by atoms with Crippen molar-refractivity contribution in [3.05, 3.63) is 29.8 Å². The smallest absolute Gasteiger partial charge is 0.326 e. The molecule has 6 nitrogen and oxygen atoms in total. The number of amides is 1. The molecule has 6 heteroatoms. The molecule has 2 unspecified atom stereocenters. The summed E-state index contributed by atoms with van der Waals surface area (Å²) in [6.45, 7) is 1.01. The van der Waals surface area contributed by atoms with Gasteiger partial charge in [-0.2, -0.15) is 0 Å². The van der Waals surface area contributed by atoms with E-state index in [4.69, 9.17) is 9.47 Å². The van der Waals surface area contributed by atoms with Gasteiger partial charge in [0.25, 0.3) is 5.91 Å². The van der Waals surface area contributed by atoms with Crippen molar-refractivity contribution >= 4 is 11.9 Å². The molecule has 1 aliphatic rings. The van der Waals surface area contributed by atoms with Crippen LogP contribution >= 0.6 is 0 Å². The largest absolute Gasteiger partial charge is 0.497 e. The first kappa shape index (κ1) is 15.3. The zero-order valence-corrected chi connectivity index (χ0v) is 11.9. The number of hydrogen-bond donors (Lipinski definition) is 2. The van der Waals surface area contributed by atoms with Crippen LogP contribution in [0, 0.1) is 5.92 Å². The highest BCUT2D eigenvalue weighted by molar-refractivity contribution is 5.96. The molecule has 1 aliphatic heterocycles. The summed E-state index contributed by atoms with van der Waals surface area (Å²) in [5.41, 5.74) is 0.402. The van der Waals surface area contributed by atoms with Crippen molar-refractivity contribution in [2.75, 3.05) is 20.3 Å². The fourth-order valence-electron chi connectivity index (χ4n) is 2.38. The number of carbonyl (C=O) groups excluding carboxylic acids is 1. The maximum atomic E-state index is 12.1. The van der Waals surface area contributed by atoms with Gasteiger partial charge < -0.3 is 19.9 Å². The molecule has 0 radical (unpaired) electrons. The molecular weight excluding hydrogens is 274 g/mol. The zero-order chi connectivity index (χ0) is 15.2. The summed E-state index contributed by atoms with van der Waals surface area (Å²) in [5.74, 6) is -0.997. The minimum atomic E-state index is -1.03. The number of hydrogen-bond acceptors (Lipinski definition) is 4. The molecule has 2 atom stereocenters. The van der Waals surface area contributed by atoms with Crippen LogP contribution in [0.15, 0.2) is 24.3 Å². The second kappa shape index (κ2) is 7.08. The predicted molar refractivity (Wildman–Crippen MR) is 75.4 cm³/mol. The number of methoxy groups -OCH3 is 1. The number of carbonyl (C=O) groups is 2. The van der Waals surface area contributed by atoms with Crippen LogP contribution < -0.4 is 10.1 Å². The highest BCUT2D eigenvalue weighted by atomic mass is 16.5. The van der Waals surface area contributed by atoms with E-state index in [0.29, 0.717) is 24.5 Å². The topological polar surface area (TPSA) is 84.9 Å². The van der Waals surface area contributed by atoms with E-state index in [2.05, 4.69) is 5.32 Å². The Morgan fingerprint density at radius 3 is 2.62 bits per heavy atom. The standard InChI is InChI=1S/C15H19NO5/c1-20-12-6-4-10(5-7-12)14(17)16-13(15(18)19)11-3-2-8-21-9-11/h4-7,11,13H,2-3,8-9H2,1H3,(H,16,17)(H,18,19). The highest BCUT2D eigenvalue weighted by Gasteiger charge is 2.31. The molecule has 1 heterocycles. The number of ether oxygens (including phenoxy) is 2. The van der Waals surface area contributed by atoms with E-state index in [1.54, 1.807) is 31.4 Å². The SMILES string of the molecule is COc1ccc(C(=O)NC(C(=O)O)C2CCCOC2)cc1. The Bertz CT molecular complexity index is 493. The summed E-state index contributed by atoms with van der Waals surface area (Å²) in [7, 11) is 1.54. The Hall–Kier alpha value is -2.08. The Balaban J connectivity index is 2.04. The molecule has 1 saturated heterocycles. The molecule has 2 N–H and O–H groups in total. The van der Waals surface area contributed by atoms with Gasteiger partial charge in [0, 0.05) is 18.1 Å². The summed E-state index contributed by atoms with van der Waals surface area (Å²) in [6.07, 6.45) is 1.55. The second-order valence-electron chi connectivity index (χ2n) is 5.00. The van der Waals surface area contributed by atoms with E-state index in [0.717, 1.165) is 12.8 Å². The third-order valence-corrected chi connectivity index (χ3v) is 3.57. The molecule has 0 aromatic heterocycles. The number of aliphatic carboxylic acids is 1. The second-order valence-corrected chi connectivity index (χ2v) is 5.00. The fraction of sp³-hybridized carbons (Fsp3) is 0.467. The van der Waals surface area contributed by atoms with Crippen LogP contribution in [0.4, 0.5) is 0 Å². The Morgan fingerprint density at radius 1 is 1.38 bits per heavy atom. The summed E-state index contributed by atoms with van der Waals surface area (Å²) in [6, 6.07) is 5.59. The lowest BCUT2D eigenvalue weighted by Crippen LogP contribution is -2.48. The summed E-state index contributed by atoms with van der Waals surface area (Å²) in [4.78, 5) is 23.5. The Labute approximate surface area is 123 Å². The van der Waals surface area contributed by atoms with E-state index < -0.39 is 17.9 Å². The lowest BCUT2D eigenvalue weighted by atomic mass is 9.93. The van der Waals surface area contributed by atoms with Crippen LogP contribution in [0.2, 0.25) is 0 Å². The van der Waals surface area contributed by atoms with Crippen molar-refractivity contribution in [2.45, 2.75) is 18.9 Å². The molecule has 1 aromatic rings. The first-order chi connectivity index (χ1) is 10.1. The third kappa shape index (κ3) is 3.95. The lowest BCUT2D eigenvalue weighted by molar-refractivity contribution is -0.142. The number of carboxylic acids is 1. The number of benzene rings is 1. The first-order valence-corrected chi connectivity index (χ1v) is 6.87. The average molecular weight is 293 g/mol. The van der Waals surface area contributed by atoms with Crippen LogP contribution in [0.3, 0.4) is 0 Å². The number of rotatable bonds is 5. The van der Waals surface area contributed by atoms with Crippen molar-refractivity contribution in [1.82, 2.24) is 5.32 Å². The minimum Gasteiger partial charge on any atom is -0.497 e. The van der Waals surface area contributed by atoms with Crippen LogP contribution in [-0.2, 0) is 9.53 Å². The highest BCUT2D eigenvalue weighted by Crippen LogP contribution is 2.18. The lowest BCUT2D eigenvalue weighted by Gasteiger charge is -2.28. The van der Waals surface area contributed by atoms with Gasteiger partial charge in [-0.05, 0) is 37.1 Å². The van der Waals surface area contributed by atoms with Gasteiger partial charge in [0.2, 0.25) is 0 Å². The maximum Gasteiger partial charge on any atom is 0.326 e. The normalized spacial score (nSPS) is 19.6. The van der Waals surface area contributed by atoms with Gasteiger partial charge in [-0.3, -0.25) is 4.79 Å². The molecule has 0 saturated carbocycles. The van der Waals surface area contributed by atoms with Gasteiger partial charge in [-0.15, -0.1) is 0 Å². The molecule has 0 spiro atoms. The predicted octanol–water partition coefficient (Wildman–Crippen LogP) is 1.30. The number of nitrogens with one attached hydrogen (secondary N) is 1. The van der Waals surface area contributed by atoms with Crippen molar-refractivity contribution in [1.29, 1.82) is 0 Å². The summed E-state index contributed by atoms with van der Waals surface area (Å²) >= 11 is 0. The van der Waals surface area contributed by atoms with Gasteiger partial charge in [-0.1, -0.05) is 0 Å². The Kier molecular flexibility index (Phi) is 5.16. The van der Waals surface area contributed by atoms with E-state index in [1.807, 2.05) is 0 Å². The van der Waals surface area contributed by atoms with E-state index in [-0.39, 0.29) is 5.92 Å². The van der Waals surface area contributed by atoms with Gasteiger partial charge >= 0.3 is 5.97 Å². The average Bonchev–Trinajstić information content (AvgIpc) is 2.53. The molecule has 2 rings (SSSR count). The van der Waals surface area contributed by atoms with Gasteiger partial charge in [-0.25, -0.2) is 4.79 Å². The van der Waals surface area contributed by atoms with Gasteiger partial charge in [0.1, 0.15) is 11.8 Å². The molecule has 1 fully saturated rings. The fourth-order valence-corrected chi connectivity index (χ4v) is 2.38. The van der Waals surface area contributed by atoms with Crippen molar-refractivity contribution in [3.63, 3.8) is 0 Å². The molecule has 21 heavy (non-hydrogen) atoms. The van der Waals surface area contributed by atoms with Crippen LogP contribution in [0.1, 0.15) is 23.2 Å². The quantitative estimate of drug-likeness (QED) is 0.855. The first-order valence-electron chi connectivity index (χ1n) is 6.87. The molecular formula is C15H19NO5. The minimum absolute atomic E-state index is 0.196. The van der Waals surface area contributed by atoms with Crippen molar-refractivity contribution < 1.29 is 24.2 Å². The monoisotopic (exact) mass is 293 g/mol. The van der Waals surface area contributed by atoms with Gasteiger partial charge in [0.15, 0.2) is 0 Å². The zero-order valence-electron chi connectivity index (χ0n) is 11.9. The van der Waals surface area contributed by atoms with Crippen LogP contribution in [0.5, 0.6) is 5.75 Å². The molecule has 1 amide bonds. The molecule has 0 bridgehead atoms. The third-order valence-electron chi connectivity index (χ3n) is 3.57. The molecule has 0 aliphatic carbocycles. The summed E-state index contributed by atoms with van der Waals surface area (Å²) in [5, 5.41) is 11.9. The molecule has 1 aromatic carbocycles. The number of carboxylic acid groups (broad SMARTS) is 1. The van der Waals surface area contributed by atoms with E-state index >= 15 is 0 Å². The van der Waals surface area contributed by atoms with Crippen LogP contribution in [0.25, 0.3) is 0 Å². The van der Waals surface area contributed by atoms with Crippen molar-refractivity contribution in [3.8, 4) is 5.75 Å². The molecule has 114 valence electrons. The van der Waals surface area contributed by atoms with Crippen molar-refractivity contribution in [2.24, 2.45) is 5.92 Å². The van der Waals surface area contributed by atoms with Crippen LogP contribution in [-0.4, -0.2) is 43.3 Å².